The smallest absolute Gasteiger partial charge is 0.240 e. The van der Waals surface area contributed by atoms with Crippen LogP contribution in [-0.2, 0) is 9.59 Å². The summed E-state index contributed by atoms with van der Waals surface area (Å²) in [5, 5.41) is 3.46. The van der Waals surface area contributed by atoms with Gasteiger partial charge in [0.15, 0.2) is 5.13 Å². The van der Waals surface area contributed by atoms with Crippen LogP contribution in [0.2, 0.25) is 0 Å². The van der Waals surface area contributed by atoms with Crippen LogP contribution < -0.4 is 10.1 Å². The van der Waals surface area contributed by atoms with Gasteiger partial charge in [0.2, 0.25) is 11.8 Å². The maximum absolute atomic E-state index is 12.3. The van der Waals surface area contributed by atoms with Crippen molar-refractivity contribution in [2.75, 3.05) is 44.6 Å². The lowest BCUT2D eigenvalue weighted by atomic mass is 10.3. The van der Waals surface area contributed by atoms with Gasteiger partial charge in [-0.05, 0) is 25.1 Å². The lowest BCUT2D eigenvalue weighted by Gasteiger charge is -2.33. The van der Waals surface area contributed by atoms with Crippen LogP contribution in [-0.4, -0.2) is 65.9 Å². The molecule has 1 fully saturated rings. The van der Waals surface area contributed by atoms with E-state index in [0.29, 0.717) is 44.5 Å². The summed E-state index contributed by atoms with van der Waals surface area (Å²) in [4.78, 5) is 31.9. The zero-order valence-electron chi connectivity index (χ0n) is 14.4. The number of hydrogen-bond donors (Lipinski definition) is 1. The van der Waals surface area contributed by atoms with E-state index < -0.39 is 0 Å². The van der Waals surface area contributed by atoms with Gasteiger partial charge in [0, 0.05) is 33.1 Å². The highest BCUT2D eigenvalue weighted by atomic mass is 32.1. The van der Waals surface area contributed by atoms with E-state index in [1.807, 2.05) is 25.1 Å². The molecule has 0 unspecified atom stereocenters. The lowest BCUT2D eigenvalue weighted by molar-refractivity contribution is -0.130. The molecule has 0 bridgehead atoms. The minimum Gasteiger partial charge on any atom is -0.494 e. The van der Waals surface area contributed by atoms with Gasteiger partial charge < -0.3 is 15.0 Å². The number of fused-ring (bicyclic) bond motifs is 1. The standard InChI is InChI=1S/C17H22N4O3S/c1-3-24-13-4-5-14-15(10-13)25-17(18-14)19-16(23)11-20-6-8-21(9-7-20)12(2)22/h4-5,10H,3,6-9,11H2,1-2H3,(H,18,19,23). The van der Waals surface area contributed by atoms with Crippen LogP contribution in [0.25, 0.3) is 10.2 Å². The number of thiazole rings is 1. The molecule has 0 saturated carbocycles. The van der Waals surface area contributed by atoms with Crippen molar-refractivity contribution >= 4 is 38.5 Å². The predicted octanol–water partition coefficient (Wildman–Crippen LogP) is 1.80. The third kappa shape index (κ3) is 4.46. The topological polar surface area (TPSA) is 74.8 Å². The van der Waals surface area contributed by atoms with Gasteiger partial charge in [0.1, 0.15) is 5.75 Å². The van der Waals surface area contributed by atoms with Crippen LogP contribution in [0.4, 0.5) is 5.13 Å². The Labute approximate surface area is 150 Å². The van der Waals surface area contributed by atoms with Gasteiger partial charge in [-0.3, -0.25) is 14.5 Å². The summed E-state index contributed by atoms with van der Waals surface area (Å²) >= 11 is 1.44. The number of ether oxygens (including phenoxy) is 1. The zero-order valence-corrected chi connectivity index (χ0v) is 15.3. The number of amides is 2. The van der Waals surface area contributed by atoms with Crippen LogP contribution in [0.3, 0.4) is 0 Å². The van der Waals surface area contributed by atoms with Crippen LogP contribution in [0.15, 0.2) is 18.2 Å². The molecule has 1 aromatic heterocycles. The first-order valence-electron chi connectivity index (χ1n) is 8.36. The molecule has 2 amide bonds. The molecular formula is C17H22N4O3S. The van der Waals surface area contributed by atoms with Crippen molar-refractivity contribution in [1.29, 1.82) is 0 Å². The normalized spacial score (nSPS) is 15.4. The van der Waals surface area contributed by atoms with Crippen molar-refractivity contribution in [2.24, 2.45) is 0 Å². The summed E-state index contributed by atoms with van der Waals surface area (Å²) in [7, 11) is 0. The first kappa shape index (κ1) is 17.6. The van der Waals surface area contributed by atoms with E-state index in [4.69, 9.17) is 4.74 Å². The number of aromatic nitrogens is 1. The number of benzene rings is 1. The molecule has 0 radical (unpaired) electrons. The lowest BCUT2D eigenvalue weighted by Crippen LogP contribution is -2.49. The fraction of sp³-hybridized carbons (Fsp3) is 0.471. The largest absolute Gasteiger partial charge is 0.494 e. The number of carbonyl (C=O) groups is 2. The molecule has 1 N–H and O–H groups in total. The van der Waals surface area contributed by atoms with Crippen molar-refractivity contribution in [3.63, 3.8) is 0 Å². The number of carbonyl (C=O) groups excluding carboxylic acids is 2. The molecule has 1 aliphatic heterocycles. The molecule has 3 rings (SSSR count). The Morgan fingerprint density at radius 2 is 2.04 bits per heavy atom. The molecule has 0 spiro atoms. The summed E-state index contributed by atoms with van der Waals surface area (Å²) in [6.07, 6.45) is 0. The summed E-state index contributed by atoms with van der Waals surface area (Å²) in [6, 6.07) is 5.71. The molecule has 2 aromatic rings. The molecule has 0 aliphatic carbocycles. The summed E-state index contributed by atoms with van der Waals surface area (Å²) in [5.41, 5.74) is 0.846. The van der Waals surface area contributed by atoms with E-state index >= 15 is 0 Å². The number of rotatable bonds is 5. The van der Waals surface area contributed by atoms with Gasteiger partial charge in [0.05, 0.1) is 23.4 Å². The number of hydrogen-bond acceptors (Lipinski definition) is 6. The molecule has 134 valence electrons. The average molecular weight is 362 g/mol. The highest BCUT2D eigenvalue weighted by Crippen LogP contribution is 2.29. The second-order valence-electron chi connectivity index (χ2n) is 5.91. The average Bonchev–Trinajstić information content (AvgIpc) is 2.96. The highest BCUT2D eigenvalue weighted by Gasteiger charge is 2.20. The minimum absolute atomic E-state index is 0.0830. The summed E-state index contributed by atoms with van der Waals surface area (Å²) < 4.78 is 6.47. The maximum Gasteiger partial charge on any atom is 0.240 e. The molecule has 25 heavy (non-hydrogen) atoms. The van der Waals surface area contributed by atoms with Crippen LogP contribution in [0.5, 0.6) is 5.75 Å². The van der Waals surface area contributed by atoms with Gasteiger partial charge in [-0.1, -0.05) is 11.3 Å². The molecule has 0 atom stereocenters. The first-order chi connectivity index (χ1) is 12.0. The van der Waals surface area contributed by atoms with E-state index in [1.165, 1.54) is 11.3 Å². The van der Waals surface area contributed by atoms with E-state index in [0.717, 1.165) is 16.0 Å². The van der Waals surface area contributed by atoms with Gasteiger partial charge in [-0.2, -0.15) is 0 Å². The minimum atomic E-state index is -0.0830. The van der Waals surface area contributed by atoms with E-state index in [1.54, 1.807) is 11.8 Å². The molecule has 2 heterocycles. The third-order valence-electron chi connectivity index (χ3n) is 4.10. The van der Waals surface area contributed by atoms with Gasteiger partial charge in [0.25, 0.3) is 0 Å². The molecule has 1 aromatic carbocycles. The number of piperazine rings is 1. The number of nitrogens with zero attached hydrogens (tertiary/aromatic N) is 3. The molecule has 1 aliphatic rings. The first-order valence-corrected chi connectivity index (χ1v) is 9.18. The van der Waals surface area contributed by atoms with Crippen molar-refractivity contribution in [1.82, 2.24) is 14.8 Å². The van der Waals surface area contributed by atoms with Gasteiger partial charge in [-0.15, -0.1) is 0 Å². The SMILES string of the molecule is CCOc1ccc2nc(NC(=O)CN3CCN(C(C)=O)CC3)sc2c1. The fourth-order valence-corrected chi connectivity index (χ4v) is 3.71. The summed E-state index contributed by atoms with van der Waals surface area (Å²) in [6.45, 7) is 7.21. The second-order valence-corrected chi connectivity index (χ2v) is 6.94. The maximum atomic E-state index is 12.3. The van der Waals surface area contributed by atoms with Gasteiger partial charge in [-0.25, -0.2) is 4.98 Å². The van der Waals surface area contributed by atoms with Gasteiger partial charge >= 0.3 is 0 Å². The van der Waals surface area contributed by atoms with Crippen molar-refractivity contribution in [2.45, 2.75) is 13.8 Å². The predicted molar refractivity (Wildman–Crippen MR) is 98.1 cm³/mol. The Hall–Kier alpha value is -2.19. The van der Waals surface area contributed by atoms with E-state index in [2.05, 4.69) is 15.2 Å². The van der Waals surface area contributed by atoms with Crippen LogP contribution in [0, 0.1) is 0 Å². The van der Waals surface area contributed by atoms with Crippen molar-refractivity contribution in [3.8, 4) is 5.75 Å². The van der Waals surface area contributed by atoms with Crippen molar-refractivity contribution < 1.29 is 14.3 Å². The second kappa shape index (κ2) is 7.79. The summed E-state index contributed by atoms with van der Waals surface area (Å²) in [5.74, 6) is 0.810. The fourth-order valence-electron chi connectivity index (χ4n) is 2.80. The Morgan fingerprint density at radius 3 is 2.72 bits per heavy atom. The van der Waals surface area contributed by atoms with Crippen LogP contribution >= 0.6 is 11.3 Å². The van der Waals surface area contributed by atoms with E-state index in [-0.39, 0.29) is 11.8 Å². The Morgan fingerprint density at radius 1 is 1.28 bits per heavy atom. The third-order valence-corrected chi connectivity index (χ3v) is 5.04. The zero-order chi connectivity index (χ0) is 17.8. The molecule has 1 saturated heterocycles. The van der Waals surface area contributed by atoms with E-state index in [9.17, 15) is 9.59 Å². The van der Waals surface area contributed by atoms with Crippen LogP contribution in [0.1, 0.15) is 13.8 Å². The molecule has 7 nitrogen and oxygen atoms in total. The monoisotopic (exact) mass is 362 g/mol. The molecule has 8 heteroatoms. The highest BCUT2D eigenvalue weighted by molar-refractivity contribution is 7.22. The quantitative estimate of drug-likeness (QED) is 0.878. The molecular weight excluding hydrogens is 340 g/mol. The Kier molecular flexibility index (Phi) is 5.50. The van der Waals surface area contributed by atoms with Crippen molar-refractivity contribution in [3.05, 3.63) is 18.2 Å². The number of nitrogens with one attached hydrogen (secondary N) is 1. The Bertz CT molecular complexity index is 768. The Balaban J connectivity index is 1.56. The number of anilines is 1.